The summed E-state index contributed by atoms with van der Waals surface area (Å²) in [6.07, 6.45) is 8.65. The SMILES string of the molecule is S=C(N/N=C\c1ccc(Cl)c(Cl)c1)N[C@@H]1C[C@@H]2C=C[C@H]1C2. The van der Waals surface area contributed by atoms with Gasteiger partial charge in [0.15, 0.2) is 5.11 Å². The number of hydrogen-bond acceptors (Lipinski definition) is 2. The molecular formula is C15H15Cl2N3S. The van der Waals surface area contributed by atoms with Gasteiger partial charge >= 0.3 is 0 Å². The zero-order valence-electron chi connectivity index (χ0n) is 11.2. The van der Waals surface area contributed by atoms with Gasteiger partial charge in [0.2, 0.25) is 0 Å². The zero-order valence-corrected chi connectivity index (χ0v) is 13.6. The third-order valence-electron chi connectivity index (χ3n) is 3.92. The van der Waals surface area contributed by atoms with E-state index < -0.39 is 0 Å². The molecule has 21 heavy (non-hydrogen) atoms. The number of hydrogen-bond donors (Lipinski definition) is 2. The van der Waals surface area contributed by atoms with Crippen molar-refractivity contribution >= 4 is 46.7 Å². The molecule has 0 spiro atoms. The van der Waals surface area contributed by atoms with E-state index in [1.165, 1.54) is 6.42 Å². The molecule has 6 heteroatoms. The van der Waals surface area contributed by atoms with Gasteiger partial charge in [0.25, 0.3) is 0 Å². The quantitative estimate of drug-likeness (QED) is 0.381. The van der Waals surface area contributed by atoms with Crippen LogP contribution in [0.1, 0.15) is 18.4 Å². The average molecular weight is 340 g/mol. The summed E-state index contributed by atoms with van der Waals surface area (Å²) >= 11 is 17.1. The predicted octanol–water partition coefficient (Wildman–Crippen LogP) is 3.76. The highest BCUT2D eigenvalue weighted by Crippen LogP contribution is 2.38. The first-order valence-corrected chi connectivity index (χ1v) is 8.01. The van der Waals surface area contributed by atoms with Crippen molar-refractivity contribution in [2.75, 3.05) is 0 Å². The van der Waals surface area contributed by atoms with Crippen LogP contribution in [0.15, 0.2) is 35.5 Å². The molecule has 0 heterocycles. The van der Waals surface area contributed by atoms with Gasteiger partial charge in [-0.2, -0.15) is 5.10 Å². The molecule has 0 radical (unpaired) electrons. The molecule has 1 saturated carbocycles. The van der Waals surface area contributed by atoms with E-state index in [9.17, 15) is 0 Å². The summed E-state index contributed by atoms with van der Waals surface area (Å²) in [4.78, 5) is 0. The second-order valence-electron chi connectivity index (χ2n) is 5.40. The molecule has 2 N–H and O–H groups in total. The molecule has 110 valence electrons. The Morgan fingerprint density at radius 3 is 2.76 bits per heavy atom. The molecule has 2 bridgehead atoms. The normalized spacial score (nSPS) is 26.5. The van der Waals surface area contributed by atoms with E-state index in [2.05, 4.69) is 28.0 Å². The second kappa shape index (κ2) is 6.34. The van der Waals surface area contributed by atoms with E-state index >= 15 is 0 Å². The van der Waals surface area contributed by atoms with Crippen molar-refractivity contribution in [3.8, 4) is 0 Å². The van der Waals surface area contributed by atoms with E-state index in [4.69, 9.17) is 35.4 Å². The number of benzene rings is 1. The van der Waals surface area contributed by atoms with Crippen LogP contribution < -0.4 is 10.7 Å². The Morgan fingerprint density at radius 2 is 2.10 bits per heavy atom. The number of nitrogens with zero attached hydrogens (tertiary/aromatic N) is 1. The van der Waals surface area contributed by atoms with Crippen LogP contribution in [0.3, 0.4) is 0 Å². The highest BCUT2D eigenvalue weighted by molar-refractivity contribution is 7.80. The van der Waals surface area contributed by atoms with E-state index in [0.29, 0.717) is 27.1 Å². The third kappa shape index (κ3) is 3.57. The maximum Gasteiger partial charge on any atom is 0.187 e. The lowest BCUT2D eigenvalue weighted by atomic mass is 10.0. The Balaban J connectivity index is 1.50. The van der Waals surface area contributed by atoms with Crippen LogP contribution in [-0.4, -0.2) is 17.4 Å². The Bertz CT molecular complexity index is 615. The van der Waals surface area contributed by atoms with Crippen LogP contribution in [0.5, 0.6) is 0 Å². The number of halogens is 2. The molecule has 1 aromatic rings. The summed E-state index contributed by atoms with van der Waals surface area (Å²) in [5.74, 6) is 1.32. The summed E-state index contributed by atoms with van der Waals surface area (Å²) in [6, 6.07) is 5.77. The molecule has 3 atom stereocenters. The molecule has 0 saturated heterocycles. The van der Waals surface area contributed by atoms with Gasteiger partial charge in [-0.3, -0.25) is 5.43 Å². The van der Waals surface area contributed by atoms with Crippen molar-refractivity contribution in [3.63, 3.8) is 0 Å². The van der Waals surface area contributed by atoms with Crippen molar-refractivity contribution in [3.05, 3.63) is 46.0 Å². The van der Waals surface area contributed by atoms with Crippen LogP contribution in [0, 0.1) is 11.8 Å². The summed E-state index contributed by atoms with van der Waals surface area (Å²) in [6.45, 7) is 0. The van der Waals surface area contributed by atoms with Crippen LogP contribution in [0.2, 0.25) is 10.0 Å². The fourth-order valence-corrected chi connectivity index (χ4v) is 3.42. The number of thiocarbonyl (C=S) groups is 1. The minimum Gasteiger partial charge on any atom is -0.358 e. The van der Waals surface area contributed by atoms with E-state index in [1.54, 1.807) is 18.3 Å². The maximum absolute atomic E-state index is 5.95. The highest BCUT2D eigenvalue weighted by Gasteiger charge is 2.35. The van der Waals surface area contributed by atoms with Gasteiger partial charge < -0.3 is 5.32 Å². The van der Waals surface area contributed by atoms with Gasteiger partial charge in [-0.1, -0.05) is 41.4 Å². The Morgan fingerprint density at radius 1 is 1.24 bits per heavy atom. The molecule has 0 unspecified atom stereocenters. The molecule has 1 fully saturated rings. The van der Waals surface area contributed by atoms with E-state index in [0.717, 1.165) is 17.9 Å². The molecular weight excluding hydrogens is 325 g/mol. The number of fused-ring (bicyclic) bond motifs is 2. The largest absolute Gasteiger partial charge is 0.358 e. The van der Waals surface area contributed by atoms with Crippen LogP contribution in [-0.2, 0) is 0 Å². The lowest BCUT2D eigenvalue weighted by Gasteiger charge is -2.20. The minimum absolute atomic E-state index is 0.431. The molecule has 3 rings (SSSR count). The van der Waals surface area contributed by atoms with Gasteiger partial charge in [0, 0.05) is 6.04 Å². The second-order valence-corrected chi connectivity index (χ2v) is 6.63. The summed E-state index contributed by atoms with van der Waals surface area (Å²) in [5, 5.41) is 9.04. The van der Waals surface area contributed by atoms with Gasteiger partial charge in [-0.25, -0.2) is 0 Å². The number of nitrogens with one attached hydrogen (secondary N) is 2. The standard InChI is InChI=1S/C15H15Cl2N3S/c16-12-4-2-10(6-13(12)17)8-18-20-15(21)19-14-7-9-1-3-11(14)5-9/h1-4,6,8-9,11,14H,5,7H2,(H2,19,20,21)/b18-8-/t9-,11+,14-/m1/s1. The lowest BCUT2D eigenvalue weighted by molar-refractivity contribution is 0.521. The Labute approximate surface area is 139 Å². The van der Waals surface area contributed by atoms with Crippen molar-refractivity contribution in [2.24, 2.45) is 16.9 Å². The third-order valence-corrected chi connectivity index (χ3v) is 4.87. The summed E-state index contributed by atoms with van der Waals surface area (Å²) in [5.41, 5.74) is 3.70. The number of allylic oxidation sites excluding steroid dienone is 1. The number of rotatable bonds is 3. The Kier molecular flexibility index (Phi) is 4.48. The molecule has 0 amide bonds. The Hall–Kier alpha value is -1.10. The average Bonchev–Trinajstić information content (AvgIpc) is 3.05. The van der Waals surface area contributed by atoms with Crippen molar-refractivity contribution in [2.45, 2.75) is 18.9 Å². The molecule has 1 aromatic carbocycles. The minimum atomic E-state index is 0.431. The van der Waals surface area contributed by atoms with Gasteiger partial charge in [-0.05, 0) is 54.6 Å². The monoisotopic (exact) mass is 339 g/mol. The molecule has 2 aliphatic rings. The van der Waals surface area contributed by atoms with Gasteiger partial charge in [-0.15, -0.1) is 0 Å². The molecule has 0 aromatic heterocycles. The summed E-state index contributed by atoms with van der Waals surface area (Å²) < 4.78 is 0. The summed E-state index contributed by atoms with van der Waals surface area (Å²) in [7, 11) is 0. The first kappa shape index (κ1) is 14.8. The number of hydrazone groups is 1. The molecule has 2 aliphatic carbocycles. The lowest BCUT2D eigenvalue weighted by Crippen LogP contribution is -2.42. The van der Waals surface area contributed by atoms with Crippen LogP contribution in [0.4, 0.5) is 0 Å². The van der Waals surface area contributed by atoms with Crippen molar-refractivity contribution in [1.82, 2.24) is 10.7 Å². The molecule has 3 nitrogen and oxygen atoms in total. The highest BCUT2D eigenvalue weighted by atomic mass is 35.5. The predicted molar refractivity (Wildman–Crippen MR) is 92.1 cm³/mol. The van der Waals surface area contributed by atoms with Crippen molar-refractivity contribution < 1.29 is 0 Å². The first-order chi connectivity index (χ1) is 10.1. The van der Waals surface area contributed by atoms with Crippen LogP contribution >= 0.6 is 35.4 Å². The fourth-order valence-electron chi connectivity index (χ4n) is 2.91. The zero-order chi connectivity index (χ0) is 14.8. The topological polar surface area (TPSA) is 36.4 Å². The van der Waals surface area contributed by atoms with Crippen LogP contribution in [0.25, 0.3) is 0 Å². The molecule has 0 aliphatic heterocycles. The van der Waals surface area contributed by atoms with Crippen molar-refractivity contribution in [1.29, 1.82) is 0 Å². The van der Waals surface area contributed by atoms with Gasteiger partial charge in [0.1, 0.15) is 0 Å². The van der Waals surface area contributed by atoms with Gasteiger partial charge in [0.05, 0.1) is 16.3 Å². The fraction of sp³-hybridized carbons (Fsp3) is 0.333. The van der Waals surface area contributed by atoms with E-state index in [-0.39, 0.29) is 0 Å². The first-order valence-electron chi connectivity index (χ1n) is 6.85. The smallest absolute Gasteiger partial charge is 0.187 e. The maximum atomic E-state index is 5.95. The van der Waals surface area contributed by atoms with E-state index in [1.807, 2.05) is 6.07 Å².